The molecule has 1 aliphatic carbocycles. The first-order valence-corrected chi connectivity index (χ1v) is 9.25. The summed E-state index contributed by atoms with van der Waals surface area (Å²) in [7, 11) is 0. The summed E-state index contributed by atoms with van der Waals surface area (Å²) >= 11 is 0. The van der Waals surface area contributed by atoms with E-state index in [-0.39, 0.29) is 0 Å². The zero-order valence-corrected chi connectivity index (χ0v) is 13.7. The van der Waals surface area contributed by atoms with E-state index in [9.17, 15) is 0 Å². The largest absolute Gasteiger partial charge is 0.314 e. The normalized spacial score (nSPS) is 36.0. The highest BCUT2D eigenvalue weighted by molar-refractivity contribution is 5.01. The van der Waals surface area contributed by atoms with Gasteiger partial charge in [0, 0.05) is 24.7 Å². The molecule has 3 fully saturated rings. The van der Waals surface area contributed by atoms with E-state index < -0.39 is 0 Å². The molecule has 0 aromatic rings. The van der Waals surface area contributed by atoms with Gasteiger partial charge >= 0.3 is 0 Å². The van der Waals surface area contributed by atoms with Gasteiger partial charge in [0.15, 0.2) is 0 Å². The van der Waals surface area contributed by atoms with E-state index >= 15 is 0 Å². The van der Waals surface area contributed by atoms with Crippen molar-refractivity contribution in [2.75, 3.05) is 13.1 Å². The van der Waals surface area contributed by atoms with Gasteiger partial charge in [-0.2, -0.15) is 0 Å². The topological polar surface area (TPSA) is 15.3 Å². The van der Waals surface area contributed by atoms with Crippen LogP contribution in [0.1, 0.15) is 78.1 Å². The van der Waals surface area contributed by atoms with Crippen LogP contribution in [0.2, 0.25) is 0 Å². The molecule has 0 amide bonds. The molecule has 2 heteroatoms. The molecule has 2 unspecified atom stereocenters. The predicted molar refractivity (Wildman–Crippen MR) is 86.0 cm³/mol. The molecule has 2 nitrogen and oxygen atoms in total. The average Bonchev–Trinajstić information content (AvgIpc) is 3.17. The number of hydrogen-bond donors (Lipinski definition) is 1. The van der Waals surface area contributed by atoms with Gasteiger partial charge in [-0.05, 0) is 63.3 Å². The molecule has 0 radical (unpaired) electrons. The van der Waals surface area contributed by atoms with Crippen molar-refractivity contribution in [2.24, 2.45) is 5.41 Å². The van der Waals surface area contributed by atoms with Crippen molar-refractivity contribution < 1.29 is 0 Å². The van der Waals surface area contributed by atoms with Crippen molar-refractivity contribution in [2.45, 2.75) is 96.2 Å². The third-order valence-electron chi connectivity index (χ3n) is 6.06. The molecule has 0 spiro atoms. The molecule has 0 aromatic carbocycles. The molecule has 2 bridgehead atoms. The first-order chi connectivity index (χ1) is 9.76. The Morgan fingerprint density at radius 1 is 1.05 bits per heavy atom. The van der Waals surface area contributed by atoms with Gasteiger partial charge in [-0.15, -0.1) is 0 Å². The van der Waals surface area contributed by atoms with Crippen molar-refractivity contribution >= 4 is 0 Å². The summed E-state index contributed by atoms with van der Waals surface area (Å²) in [5.74, 6) is 0. The first kappa shape index (κ1) is 14.8. The molecular weight excluding hydrogens is 244 g/mol. The van der Waals surface area contributed by atoms with Gasteiger partial charge in [0.05, 0.1) is 0 Å². The fourth-order valence-electron chi connectivity index (χ4n) is 4.83. The van der Waals surface area contributed by atoms with Crippen LogP contribution < -0.4 is 5.32 Å². The minimum atomic E-state index is 0.742. The highest BCUT2D eigenvalue weighted by Crippen LogP contribution is 2.52. The van der Waals surface area contributed by atoms with E-state index in [0.717, 1.165) is 23.5 Å². The van der Waals surface area contributed by atoms with Gasteiger partial charge in [0.25, 0.3) is 0 Å². The molecule has 0 aromatic heterocycles. The third kappa shape index (κ3) is 3.22. The lowest BCUT2D eigenvalue weighted by atomic mass is 9.80. The van der Waals surface area contributed by atoms with E-state index in [1.807, 2.05) is 0 Å². The van der Waals surface area contributed by atoms with E-state index in [1.54, 1.807) is 0 Å². The Bertz CT molecular complexity index is 297. The average molecular weight is 278 g/mol. The molecular formula is C18H34N2. The number of nitrogens with one attached hydrogen (secondary N) is 1. The molecule has 2 heterocycles. The number of piperidine rings is 2. The van der Waals surface area contributed by atoms with E-state index in [2.05, 4.69) is 24.1 Å². The highest BCUT2D eigenvalue weighted by atomic mass is 15.2. The molecule has 2 atom stereocenters. The smallest absolute Gasteiger partial charge is 0.0113 e. The van der Waals surface area contributed by atoms with Crippen LogP contribution in [0.15, 0.2) is 0 Å². The van der Waals surface area contributed by atoms with Crippen molar-refractivity contribution in [1.29, 1.82) is 0 Å². The molecule has 116 valence electrons. The summed E-state index contributed by atoms with van der Waals surface area (Å²) in [4.78, 5) is 2.95. The van der Waals surface area contributed by atoms with E-state index in [0.29, 0.717) is 0 Å². The number of nitrogens with zero attached hydrogens (tertiary/aromatic N) is 1. The monoisotopic (exact) mass is 278 g/mol. The van der Waals surface area contributed by atoms with Crippen LogP contribution in [0.25, 0.3) is 0 Å². The Kier molecular flexibility index (Phi) is 4.72. The Morgan fingerprint density at radius 3 is 2.30 bits per heavy atom. The standard InChI is InChI=1S/C18H34N2/c1-3-8-18(9-10-18)14-20-16-6-5-7-17(20)13-15(12-16)19-11-4-2/h15-17,19H,3-14H2,1-2H3. The second kappa shape index (κ2) is 6.36. The Balaban J connectivity index is 1.59. The van der Waals surface area contributed by atoms with Crippen LogP contribution in [-0.4, -0.2) is 36.1 Å². The minimum absolute atomic E-state index is 0.742. The van der Waals surface area contributed by atoms with Crippen molar-refractivity contribution in [3.05, 3.63) is 0 Å². The zero-order valence-electron chi connectivity index (χ0n) is 13.7. The van der Waals surface area contributed by atoms with Crippen LogP contribution in [0, 0.1) is 5.41 Å². The quantitative estimate of drug-likeness (QED) is 0.758. The van der Waals surface area contributed by atoms with Gasteiger partial charge in [-0.3, -0.25) is 4.90 Å². The maximum Gasteiger partial charge on any atom is 0.0113 e. The maximum absolute atomic E-state index is 3.80. The Hall–Kier alpha value is -0.0800. The van der Waals surface area contributed by atoms with Crippen molar-refractivity contribution in [3.8, 4) is 0 Å². The van der Waals surface area contributed by atoms with Crippen LogP contribution in [0.3, 0.4) is 0 Å². The predicted octanol–water partition coefficient (Wildman–Crippen LogP) is 3.95. The number of hydrogen-bond acceptors (Lipinski definition) is 2. The second-order valence-electron chi connectivity index (χ2n) is 7.78. The maximum atomic E-state index is 3.80. The lowest BCUT2D eigenvalue weighted by Crippen LogP contribution is -2.57. The summed E-state index contributed by atoms with van der Waals surface area (Å²) in [5.41, 5.74) is 0.742. The molecule has 1 N–H and O–H groups in total. The molecule has 2 aliphatic heterocycles. The van der Waals surface area contributed by atoms with Crippen LogP contribution in [-0.2, 0) is 0 Å². The molecule has 3 aliphatic rings. The summed E-state index contributed by atoms with van der Waals surface area (Å²) in [6.07, 6.45) is 14.4. The zero-order chi connectivity index (χ0) is 14.0. The third-order valence-corrected chi connectivity index (χ3v) is 6.06. The summed E-state index contributed by atoms with van der Waals surface area (Å²) < 4.78 is 0. The van der Waals surface area contributed by atoms with E-state index in [1.165, 1.54) is 77.3 Å². The number of fused-ring (bicyclic) bond motifs is 2. The van der Waals surface area contributed by atoms with Gasteiger partial charge in [0.2, 0.25) is 0 Å². The summed E-state index contributed by atoms with van der Waals surface area (Å²) in [6.45, 7) is 7.28. The highest BCUT2D eigenvalue weighted by Gasteiger charge is 2.47. The molecule has 2 saturated heterocycles. The van der Waals surface area contributed by atoms with Crippen LogP contribution >= 0.6 is 0 Å². The van der Waals surface area contributed by atoms with Gasteiger partial charge in [-0.1, -0.05) is 26.7 Å². The van der Waals surface area contributed by atoms with Gasteiger partial charge in [0.1, 0.15) is 0 Å². The number of rotatable bonds is 7. The summed E-state index contributed by atoms with van der Waals surface area (Å²) in [6, 6.07) is 2.60. The van der Waals surface area contributed by atoms with Crippen LogP contribution in [0.4, 0.5) is 0 Å². The fraction of sp³-hybridized carbons (Fsp3) is 1.00. The Morgan fingerprint density at radius 2 is 1.75 bits per heavy atom. The lowest BCUT2D eigenvalue weighted by molar-refractivity contribution is 0.00721. The van der Waals surface area contributed by atoms with E-state index in [4.69, 9.17) is 0 Å². The molecule has 3 rings (SSSR count). The molecule has 20 heavy (non-hydrogen) atoms. The van der Waals surface area contributed by atoms with Gasteiger partial charge in [-0.25, -0.2) is 0 Å². The molecule has 1 saturated carbocycles. The van der Waals surface area contributed by atoms with Crippen molar-refractivity contribution in [3.63, 3.8) is 0 Å². The minimum Gasteiger partial charge on any atom is -0.314 e. The summed E-state index contributed by atoms with van der Waals surface area (Å²) in [5, 5.41) is 3.80. The van der Waals surface area contributed by atoms with Crippen LogP contribution in [0.5, 0.6) is 0 Å². The SMILES string of the molecule is CCCNC1CC2CCCC(C1)N2CC1(CCC)CC1. The van der Waals surface area contributed by atoms with Crippen molar-refractivity contribution in [1.82, 2.24) is 10.2 Å². The lowest BCUT2D eigenvalue weighted by Gasteiger charge is -2.50. The first-order valence-electron chi connectivity index (χ1n) is 9.25. The Labute approximate surface area is 125 Å². The van der Waals surface area contributed by atoms with Gasteiger partial charge < -0.3 is 5.32 Å². The second-order valence-corrected chi connectivity index (χ2v) is 7.78. The fourth-order valence-corrected chi connectivity index (χ4v) is 4.83.